The molecule has 4 rings (SSSR count). The molecule has 0 unspecified atom stereocenters. The Morgan fingerprint density at radius 1 is 1.38 bits per heavy atom. The van der Waals surface area contributed by atoms with Crippen LogP contribution < -0.4 is 10.1 Å². The number of likely N-dealkylation sites (tertiary alicyclic amines) is 1. The molecule has 9 heteroatoms. The minimum atomic E-state index is -0.0310. The molecule has 0 saturated carbocycles. The van der Waals surface area contributed by atoms with Crippen LogP contribution in [-0.2, 0) is 11.3 Å². The van der Waals surface area contributed by atoms with Crippen molar-refractivity contribution in [3.05, 3.63) is 46.6 Å². The molecule has 2 aromatic heterocycles. The Hall–Kier alpha value is -2.42. The molecule has 0 aliphatic carbocycles. The van der Waals surface area contributed by atoms with Gasteiger partial charge in [-0.3, -0.25) is 9.69 Å². The van der Waals surface area contributed by atoms with Gasteiger partial charge in [-0.2, -0.15) is 4.98 Å². The molecule has 3 aromatic rings. The summed E-state index contributed by atoms with van der Waals surface area (Å²) in [5.41, 5.74) is 0.676. The number of hydrogen-bond acceptors (Lipinski definition) is 7. The highest BCUT2D eigenvalue weighted by Crippen LogP contribution is 2.28. The molecule has 0 atom stereocenters. The number of hydrogen-bond donors (Lipinski definition) is 1. The van der Waals surface area contributed by atoms with Crippen molar-refractivity contribution >= 4 is 34.5 Å². The van der Waals surface area contributed by atoms with E-state index in [1.807, 2.05) is 17.5 Å². The first-order chi connectivity index (χ1) is 14.1. The second kappa shape index (κ2) is 8.94. The number of nitrogens with one attached hydrogen (secondary N) is 1. The molecule has 1 amide bonds. The summed E-state index contributed by atoms with van der Waals surface area (Å²) in [5.74, 6) is 1.80. The van der Waals surface area contributed by atoms with Crippen LogP contribution in [0, 0.1) is 5.92 Å². The maximum absolute atomic E-state index is 12.6. The number of amides is 1. The zero-order chi connectivity index (χ0) is 20.2. The smallest absolute Gasteiger partial charge is 0.241 e. The number of rotatable bonds is 6. The quantitative estimate of drug-likeness (QED) is 0.625. The summed E-state index contributed by atoms with van der Waals surface area (Å²) in [5, 5.41) is 9.46. The largest absolute Gasteiger partial charge is 0.495 e. The van der Waals surface area contributed by atoms with Gasteiger partial charge in [0.05, 0.1) is 23.6 Å². The van der Waals surface area contributed by atoms with E-state index in [1.54, 1.807) is 36.6 Å². The molecule has 1 saturated heterocycles. The van der Waals surface area contributed by atoms with Crippen LogP contribution in [0.2, 0.25) is 5.02 Å². The first-order valence-electron chi connectivity index (χ1n) is 9.35. The van der Waals surface area contributed by atoms with E-state index in [1.165, 1.54) is 0 Å². The van der Waals surface area contributed by atoms with Crippen molar-refractivity contribution in [3.63, 3.8) is 0 Å². The van der Waals surface area contributed by atoms with E-state index >= 15 is 0 Å². The fourth-order valence-electron chi connectivity index (χ4n) is 3.36. The summed E-state index contributed by atoms with van der Waals surface area (Å²) >= 11 is 7.71. The average Bonchev–Trinajstić information content (AvgIpc) is 3.40. The normalized spacial score (nSPS) is 15.4. The number of carbonyl (C=O) groups is 1. The van der Waals surface area contributed by atoms with Gasteiger partial charge in [-0.25, -0.2) is 0 Å². The predicted molar refractivity (Wildman–Crippen MR) is 112 cm³/mol. The van der Waals surface area contributed by atoms with Gasteiger partial charge in [-0.1, -0.05) is 22.8 Å². The summed E-state index contributed by atoms with van der Waals surface area (Å²) in [4.78, 5) is 20.3. The third kappa shape index (κ3) is 4.77. The van der Waals surface area contributed by atoms with Crippen LogP contribution >= 0.6 is 22.9 Å². The molecule has 152 valence electrons. The summed E-state index contributed by atoms with van der Waals surface area (Å²) < 4.78 is 10.5. The predicted octanol–water partition coefficient (Wildman–Crippen LogP) is 4.31. The number of nitrogens with zero attached hydrogens (tertiary/aromatic N) is 3. The lowest BCUT2D eigenvalue weighted by Gasteiger charge is -2.30. The van der Waals surface area contributed by atoms with E-state index < -0.39 is 0 Å². The number of aromatic nitrogens is 2. The second-order valence-electron chi connectivity index (χ2n) is 6.88. The molecule has 1 aromatic carbocycles. The first-order valence-corrected chi connectivity index (χ1v) is 10.6. The fraction of sp³-hybridized carbons (Fsp3) is 0.350. The third-order valence-corrected chi connectivity index (χ3v) is 6.11. The zero-order valence-electron chi connectivity index (χ0n) is 15.9. The standard InChI is InChI=1S/C20H21ClN4O3S/c1-27-16-5-4-14(11-15(16)21)22-20(26)13-6-8-25(9-7-13)12-18-23-19(24-28-18)17-3-2-10-29-17/h2-5,10-11,13H,6-9,12H2,1H3,(H,22,26). The van der Waals surface area contributed by atoms with Gasteiger partial charge in [0.2, 0.25) is 17.6 Å². The number of halogens is 1. The molecular formula is C20H21ClN4O3S. The van der Waals surface area contributed by atoms with Crippen molar-refractivity contribution in [2.24, 2.45) is 5.92 Å². The Morgan fingerprint density at radius 3 is 2.90 bits per heavy atom. The summed E-state index contributed by atoms with van der Waals surface area (Å²) in [7, 11) is 1.56. The Morgan fingerprint density at radius 2 is 2.21 bits per heavy atom. The van der Waals surface area contributed by atoms with Crippen LogP contribution in [0.1, 0.15) is 18.7 Å². The number of anilines is 1. The molecule has 0 radical (unpaired) electrons. The third-order valence-electron chi connectivity index (χ3n) is 4.95. The van der Waals surface area contributed by atoms with Crippen molar-refractivity contribution in [1.82, 2.24) is 15.0 Å². The number of benzene rings is 1. The lowest BCUT2D eigenvalue weighted by molar-refractivity contribution is -0.121. The molecular weight excluding hydrogens is 412 g/mol. The van der Waals surface area contributed by atoms with Crippen LogP contribution in [0.3, 0.4) is 0 Å². The lowest BCUT2D eigenvalue weighted by atomic mass is 9.96. The highest BCUT2D eigenvalue weighted by atomic mass is 35.5. The fourth-order valence-corrected chi connectivity index (χ4v) is 4.26. The number of ether oxygens (including phenoxy) is 1. The van der Waals surface area contributed by atoms with Gasteiger partial charge in [0, 0.05) is 11.6 Å². The van der Waals surface area contributed by atoms with Gasteiger partial charge in [-0.05, 0) is 55.6 Å². The monoisotopic (exact) mass is 432 g/mol. The minimum absolute atomic E-state index is 0.0173. The van der Waals surface area contributed by atoms with Gasteiger partial charge in [-0.15, -0.1) is 11.3 Å². The Bertz CT molecular complexity index is 968. The number of piperidine rings is 1. The van der Waals surface area contributed by atoms with Crippen molar-refractivity contribution in [2.75, 3.05) is 25.5 Å². The van der Waals surface area contributed by atoms with Gasteiger partial charge in [0.15, 0.2) is 0 Å². The Balaban J connectivity index is 1.28. The molecule has 0 bridgehead atoms. The van der Waals surface area contributed by atoms with Gasteiger partial charge in [0.1, 0.15) is 5.75 Å². The van der Waals surface area contributed by atoms with E-state index in [0.29, 0.717) is 34.7 Å². The van der Waals surface area contributed by atoms with E-state index in [4.69, 9.17) is 20.9 Å². The number of carbonyl (C=O) groups excluding carboxylic acids is 1. The van der Waals surface area contributed by atoms with Crippen molar-refractivity contribution in [3.8, 4) is 16.5 Å². The molecule has 3 heterocycles. The van der Waals surface area contributed by atoms with Crippen LogP contribution in [0.25, 0.3) is 10.7 Å². The van der Waals surface area contributed by atoms with E-state index in [0.717, 1.165) is 30.8 Å². The van der Waals surface area contributed by atoms with Gasteiger partial charge >= 0.3 is 0 Å². The van der Waals surface area contributed by atoms with E-state index in [9.17, 15) is 4.79 Å². The topological polar surface area (TPSA) is 80.5 Å². The van der Waals surface area contributed by atoms with Crippen LogP contribution in [0.4, 0.5) is 5.69 Å². The lowest BCUT2D eigenvalue weighted by Crippen LogP contribution is -2.37. The maximum atomic E-state index is 12.6. The second-order valence-corrected chi connectivity index (χ2v) is 8.23. The summed E-state index contributed by atoms with van der Waals surface area (Å²) in [6, 6.07) is 9.17. The SMILES string of the molecule is COc1ccc(NC(=O)C2CCN(Cc3nc(-c4cccs4)no3)CC2)cc1Cl. The Labute approximate surface area is 177 Å². The first kappa shape index (κ1) is 19.9. The average molecular weight is 433 g/mol. The zero-order valence-corrected chi connectivity index (χ0v) is 17.5. The maximum Gasteiger partial charge on any atom is 0.241 e. The molecule has 1 aliphatic heterocycles. The van der Waals surface area contributed by atoms with Gasteiger partial charge < -0.3 is 14.6 Å². The molecule has 1 fully saturated rings. The molecule has 1 N–H and O–H groups in total. The van der Waals surface area contributed by atoms with Crippen LogP contribution in [0.5, 0.6) is 5.75 Å². The van der Waals surface area contributed by atoms with E-state index in [2.05, 4.69) is 20.4 Å². The van der Waals surface area contributed by atoms with Crippen LogP contribution in [-0.4, -0.2) is 41.1 Å². The molecule has 0 spiro atoms. The minimum Gasteiger partial charge on any atom is -0.495 e. The number of thiophene rings is 1. The number of methoxy groups -OCH3 is 1. The van der Waals surface area contributed by atoms with Crippen molar-refractivity contribution in [1.29, 1.82) is 0 Å². The summed E-state index contributed by atoms with van der Waals surface area (Å²) in [6.07, 6.45) is 1.56. The van der Waals surface area contributed by atoms with Crippen molar-refractivity contribution in [2.45, 2.75) is 19.4 Å². The highest BCUT2D eigenvalue weighted by molar-refractivity contribution is 7.13. The molecule has 7 nitrogen and oxygen atoms in total. The molecule has 29 heavy (non-hydrogen) atoms. The van der Waals surface area contributed by atoms with Gasteiger partial charge in [0.25, 0.3) is 0 Å². The van der Waals surface area contributed by atoms with Crippen molar-refractivity contribution < 1.29 is 14.1 Å². The highest BCUT2D eigenvalue weighted by Gasteiger charge is 2.26. The Kier molecular flexibility index (Phi) is 6.13. The van der Waals surface area contributed by atoms with E-state index in [-0.39, 0.29) is 11.8 Å². The van der Waals surface area contributed by atoms with Crippen LogP contribution in [0.15, 0.2) is 40.2 Å². The summed E-state index contributed by atoms with van der Waals surface area (Å²) in [6.45, 7) is 2.21. The molecule has 1 aliphatic rings.